The van der Waals surface area contributed by atoms with Gasteiger partial charge >= 0.3 is 0 Å². The third-order valence-corrected chi connectivity index (χ3v) is 4.96. The molecule has 3 rings (SSSR count). The number of H-pyrrole nitrogens is 1. The largest absolute Gasteiger partial charge is 0.356 e. The highest BCUT2D eigenvalue weighted by atomic mass is 16.1. The van der Waals surface area contributed by atoms with E-state index in [1.807, 2.05) is 0 Å². The molecule has 7 nitrogen and oxygen atoms in total. The Morgan fingerprint density at radius 3 is 2.62 bits per heavy atom. The Kier molecular flexibility index (Phi) is 5.37. The van der Waals surface area contributed by atoms with E-state index in [9.17, 15) is 4.79 Å². The molecule has 0 amide bonds. The maximum atomic E-state index is 12.3. The van der Waals surface area contributed by atoms with E-state index in [0.717, 1.165) is 31.3 Å². The third-order valence-electron chi connectivity index (χ3n) is 4.96. The van der Waals surface area contributed by atoms with Crippen molar-refractivity contribution in [3.63, 3.8) is 0 Å². The minimum Gasteiger partial charge on any atom is -0.356 e. The predicted octanol–water partition coefficient (Wildman–Crippen LogP) is 2.65. The smallest absolute Gasteiger partial charge is 0.263 e. The molecule has 0 radical (unpaired) electrons. The van der Waals surface area contributed by atoms with Gasteiger partial charge < -0.3 is 10.2 Å². The van der Waals surface area contributed by atoms with Crippen LogP contribution in [-0.4, -0.2) is 50.8 Å². The molecule has 2 N–H and O–H groups in total. The average molecular weight is 361 g/mol. The van der Waals surface area contributed by atoms with E-state index in [4.69, 9.17) is 0 Å². The SMILES string of the molecule is CC1CC(C)CN(CCCNc2nc3c(cnn3C(C)(C)C)c(=O)[nH]2)C1. The van der Waals surface area contributed by atoms with Gasteiger partial charge in [0.05, 0.1) is 11.7 Å². The number of likely N-dealkylation sites (tertiary alicyclic amines) is 1. The molecule has 0 aromatic carbocycles. The van der Waals surface area contributed by atoms with E-state index < -0.39 is 0 Å². The van der Waals surface area contributed by atoms with Crippen LogP contribution in [0.1, 0.15) is 47.5 Å². The van der Waals surface area contributed by atoms with E-state index in [0.29, 0.717) is 17.0 Å². The molecule has 2 aromatic heterocycles. The first-order valence-electron chi connectivity index (χ1n) is 9.69. The average Bonchev–Trinajstić information content (AvgIpc) is 2.95. The van der Waals surface area contributed by atoms with Crippen molar-refractivity contribution >= 4 is 17.0 Å². The van der Waals surface area contributed by atoms with E-state index in [2.05, 4.69) is 59.9 Å². The second kappa shape index (κ2) is 7.39. The standard InChI is InChI=1S/C19H32N6O/c1-13-9-14(2)12-24(11-13)8-6-7-20-18-22-16-15(17(26)23-18)10-21-25(16)19(3,4)5/h10,13-14H,6-9,11-12H2,1-5H3,(H2,20,22,23,26). The summed E-state index contributed by atoms with van der Waals surface area (Å²) in [6, 6.07) is 0. The molecular weight excluding hydrogens is 328 g/mol. The first-order chi connectivity index (χ1) is 12.2. The van der Waals surface area contributed by atoms with Crippen LogP contribution in [-0.2, 0) is 5.54 Å². The Hall–Kier alpha value is -1.89. The highest BCUT2D eigenvalue weighted by Gasteiger charge is 2.21. The Morgan fingerprint density at radius 2 is 1.96 bits per heavy atom. The van der Waals surface area contributed by atoms with Gasteiger partial charge in [-0.25, -0.2) is 4.68 Å². The van der Waals surface area contributed by atoms with Gasteiger partial charge in [0, 0.05) is 19.6 Å². The number of nitrogens with one attached hydrogen (secondary N) is 2. The van der Waals surface area contributed by atoms with Crippen LogP contribution in [0, 0.1) is 11.8 Å². The van der Waals surface area contributed by atoms with Gasteiger partial charge in [-0.2, -0.15) is 10.1 Å². The maximum Gasteiger partial charge on any atom is 0.263 e. The number of anilines is 1. The fourth-order valence-electron chi connectivity index (χ4n) is 3.98. The second-order valence-electron chi connectivity index (χ2n) is 8.86. The molecule has 0 spiro atoms. The van der Waals surface area contributed by atoms with Crippen molar-refractivity contribution in [3.8, 4) is 0 Å². The Bertz CT molecular complexity index is 792. The number of fused-ring (bicyclic) bond motifs is 1. The molecule has 1 fully saturated rings. The summed E-state index contributed by atoms with van der Waals surface area (Å²) < 4.78 is 1.80. The van der Waals surface area contributed by atoms with Crippen LogP contribution in [0.25, 0.3) is 11.0 Å². The number of hydrogen-bond donors (Lipinski definition) is 2. The van der Waals surface area contributed by atoms with Crippen LogP contribution >= 0.6 is 0 Å². The zero-order valence-electron chi connectivity index (χ0n) is 16.7. The van der Waals surface area contributed by atoms with Gasteiger partial charge in [0.25, 0.3) is 5.56 Å². The third kappa shape index (κ3) is 4.26. The van der Waals surface area contributed by atoms with Gasteiger partial charge in [-0.15, -0.1) is 0 Å². The van der Waals surface area contributed by atoms with Crippen molar-refractivity contribution in [3.05, 3.63) is 16.6 Å². The van der Waals surface area contributed by atoms with Crippen LogP contribution in [0.15, 0.2) is 11.0 Å². The second-order valence-corrected chi connectivity index (χ2v) is 8.86. The zero-order valence-corrected chi connectivity index (χ0v) is 16.7. The maximum absolute atomic E-state index is 12.3. The highest BCUT2D eigenvalue weighted by molar-refractivity contribution is 5.74. The molecule has 0 aliphatic carbocycles. The molecular formula is C19H32N6O. The number of hydrogen-bond acceptors (Lipinski definition) is 5. The van der Waals surface area contributed by atoms with Gasteiger partial charge in [0.1, 0.15) is 5.39 Å². The Morgan fingerprint density at radius 1 is 1.27 bits per heavy atom. The lowest BCUT2D eigenvalue weighted by molar-refractivity contribution is 0.141. The summed E-state index contributed by atoms with van der Waals surface area (Å²) in [6.45, 7) is 15.1. The highest BCUT2D eigenvalue weighted by Crippen LogP contribution is 2.21. The normalized spacial score (nSPS) is 22.0. The summed E-state index contributed by atoms with van der Waals surface area (Å²) >= 11 is 0. The summed E-state index contributed by atoms with van der Waals surface area (Å²) in [4.78, 5) is 22.3. The Balaban J connectivity index is 1.61. The van der Waals surface area contributed by atoms with Crippen LogP contribution in [0.5, 0.6) is 0 Å². The molecule has 2 unspecified atom stereocenters. The molecule has 0 saturated carbocycles. The number of aromatic nitrogens is 4. The van der Waals surface area contributed by atoms with Crippen molar-refractivity contribution in [1.29, 1.82) is 0 Å². The van der Waals surface area contributed by atoms with Crippen LogP contribution in [0.2, 0.25) is 0 Å². The minimum absolute atomic E-state index is 0.147. The van der Waals surface area contributed by atoms with Crippen molar-refractivity contribution in [1.82, 2.24) is 24.6 Å². The predicted molar refractivity (Wildman–Crippen MR) is 106 cm³/mol. The lowest BCUT2D eigenvalue weighted by Gasteiger charge is -2.34. The van der Waals surface area contributed by atoms with E-state index in [1.165, 1.54) is 19.5 Å². The van der Waals surface area contributed by atoms with Gasteiger partial charge in [-0.05, 0) is 52.0 Å². The van der Waals surface area contributed by atoms with Crippen molar-refractivity contribution in [2.45, 2.75) is 53.0 Å². The van der Waals surface area contributed by atoms with Gasteiger partial charge in [-0.1, -0.05) is 13.8 Å². The fourth-order valence-corrected chi connectivity index (χ4v) is 3.98. The summed E-state index contributed by atoms with van der Waals surface area (Å²) in [6.07, 6.45) is 3.95. The molecule has 0 bridgehead atoms. The summed E-state index contributed by atoms with van der Waals surface area (Å²) in [7, 11) is 0. The zero-order chi connectivity index (χ0) is 18.9. The lowest BCUT2D eigenvalue weighted by atomic mass is 9.92. The van der Waals surface area contributed by atoms with Gasteiger partial charge in [-0.3, -0.25) is 9.78 Å². The van der Waals surface area contributed by atoms with Crippen LogP contribution < -0.4 is 10.9 Å². The molecule has 3 heterocycles. The van der Waals surface area contributed by atoms with Gasteiger partial charge in [0.15, 0.2) is 5.65 Å². The lowest BCUT2D eigenvalue weighted by Crippen LogP contribution is -2.39. The van der Waals surface area contributed by atoms with Crippen molar-refractivity contribution in [2.75, 3.05) is 31.5 Å². The van der Waals surface area contributed by atoms with E-state index in [1.54, 1.807) is 10.9 Å². The minimum atomic E-state index is -0.221. The summed E-state index contributed by atoms with van der Waals surface area (Å²) in [5.74, 6) is 2.09. The first-order valence-corrected chi connectivity index (χ1v) is 9.69. The molecule has 1 aliphatic heterocycles. The molecule has 2 atom stereocenters. The van der Waals surface area contributed by atoms with Crippen LogP contribution in [0.3, 0.4) is 0 Å². The van der Waals surface area contributed by atoms with Crippen molar-refractivity contribution < 1.29 is 0 Å². The summed E-state index contributed by atoms with van der Waals surface area (Å²) in [5.41, 5.74) is 0.260. The molecule has 7 heteroatoms. The van der Waals surface area contributed by atoms with E-state index >= 15 is 0 Å². The number of rotatable bonds is 5. The topological polar surface area (TPSA) is 78.8 Å². The molecule has 2 aromatic rings. The van der Waals surface area contributed by atoms with Crippen LogP contribution in [0.4, 0.5) is 5.95 Å². The number of nitrogens with zero attached hydrogens (tertiary/aromatic N) is 4. The quantitative estimate of drug-likeness (QED) is 0.802. The Labute approximate surface area is 155 Å². The molecule has 1 aliphatic rings. The molecule has 26 heavy (non-hydrogen) atoms. The summed E-state index contributed by atoms with van der Waals surface area (Å²) in [5, 5.41) is 8.14. The molecule has 144 valence electrons. The fraction of sp³-hybridized carbons (Fsp3) is 0.737. The van der Waals surface area contributed by atoms with Gasteiger partial charge in [0.2, 0.25) is 5.95 Å². The molecule has 1 saturated heterocycles. The van der Waals surface area contributed by atoms with Crippen molar-refractivity contribution in [2.24, 2.45) is 11.8 Å². The number of piperidine rings is 1. The first kappa shape index (κ1) is 18.9. The monoisotopic (exact) mass is 360 g/mol. The van der Waals surface area contributed by atoms with E-state index in [-0.39, 0.29) is 11.1 Å². The number of aromatic amines is 1.